The highest BCUT2D eigenvalue weighted by Gasteiger charge is 1.88. The quantitative estimate of drug-likeness (QED) is 0.448. The molecule has 1 nitrogen and oxygen atoms in total. The van der Waals surface area contributed by atoms with Gasteiger partial charge in [-0.3, -0.25) is 0 Å². The van der Waals surface area contributed by atoms with Crippen molar-refractivity contribution in [1.82, 2.24) is 5.32 Å². The molecule has 78 valence electrons. The van der Waals surface area contributed by atoms with E-state index in [4.69, 9.17) is 0 Å². The SMILES string of the molecule is CCCCC(C)=CCCNCCC. The molecule has 0 atom stereocenters. The van der Waals surface area contributed by atoms with Crippen LogP contribution in [0.2, 0.25) is 0 Å². The van der Waals surface area contributed by atoms with Crippen LogP contribution in [0.5, 0.6) is 0 Å². The number of unbranched alkanes of at least 4 members (excludes halogenated alkanes) is 1. The lowest BCUT2D eigenvalue weighted by molar-refractivity contribution is 0.675. The van der Waals surface area contributed by atoms with E-state index in [1.165, 1.54) is 32.1 Å². The summed E-state index contributed by atoms with van der Waals surface area (Å²) in [6.45, 7) is 8.99. The highest BCUT2D eigenvalue weighted by molar-refractivity contribution is 4.97. The van der Waals surface area contributed by atoms with Gasteiger partial charge < -0.3 is 5.32 Å². The van der Waals surface area contributed by atoms with Crippen molar-refractivity contribution < 1.29 is 0 Å². The monoisotopic (exact) mass is 183 g/mol. The maximum atomic E-state index is 3.40. The van der Waals surface area contributed by atoms with Gasteiger partial charge in [-0.2, -0.15) is 0 Å². The third kappa shape index (κ3) is 9.62. The zero-order valence-corrected chi connectivity index (χ0v) is 9.53. The molecule has 0 fully saturated rings. The van der Waals surface area contributed by atoms with Gasteiger partial charge in [0.2, 0.25) is 0 Å². The third-order valence-corrected chi connectivity index (χ3v) is 2.17. The number of allylic oxidation sites excluding steroid dienone is 1. The first-order valence-electron chi connectivity index (χ1n) is 5.67. The fraction of sp³-hybridized carbons (Fsp3) is 0.833. The van der Waals surface area contributed by atoms with Crippen LogP contribution in [0.1, 0.15) is 52.9 Å². The minimum absolute atomic E-state index is 1.14. The summed E-state index contributed by atoms with van der Waals surface area (Å²) >= 11 is 0. The Labute approximate surface area is 83.6 Å². The Morgan fingerprint density at radius 2 is 1.92 bits per heavy atom. The van der Waals surface area contributed by atoms with Gasteiger partial charge in [-0.05, 0) is 45.7 Å². The van der Waals surface area contributed by atoms with E-state index in [1.807, 2.05) is 0 Å². The summed E-state index contributed by atoms with van der Waals surface area (Å²) in [6.07, 6.45) is 8.72. The van der Waals surface area contributed by atoms with Crippen molar-refractivity contribution in [1.29, 1.82) is 0 Å². The molecule has 0 rings (SSSR count). The molecule has 1 heteroatoms. The summed E-state index contributed by atoms with van der Waals surface area (Å²) < 4.78 is 0. The Balaban J connectivity index is 3.25. The first kappa shape index (κ1) is 12.7. The molecule has 0 aliphatic heterocycles. The molecule has 13 heavy (non-hydrogen) atoms. The van der Waals surface area contributed by atoms with Crippen molar-refractivity contribution in [2.24, 2.45) is 0 Å². The normalized spacial score (nSPS) is 12.1. The molecule has 0 spiro atoms. The van der Waals surface area contributed by atoms with Crippen LogP contribution in [0.15, 0.2) is 11.6 Å². The van der Waals surface area contributed by atoms with E-state index in [2.05, 4.69) is 32.2 Å². The number of nitrogens with one attached hydrogen (secondary N) is 1. The minimum Gasteiger partial charge on any atom is -0.316 e. The van der Waals surface area contributed by atoms with Crippen molar-refractivity contribution >= 4 is 0 Å². The van der Waals surface area contributed by atoms with Crippen molar-refractivity contribution in [3.05, 3.63) is 11.6 Å². The summed E-state index contributed by atoms with van der Waals surface area (Å²) in [6, 6.07) is 0. The van der Waals surface area contributed by atoms with Crippen LogP contribution in [0.4, 0.5) is 0 Å². The molecule has 0 aromatic heterocycles. The van der Waals surface area contributed by atoms with Crippen LogP contribution in [0.3, 0.4) is 0 Å². The molecule has 0 amide bonds. The van der Waals surface area contributed by atoms with Gasteiger partial charge in [-0.1, -0.05) is 31.9 Å². The fourth-order valence-corrected chi connectivity index (χ4v) is 1.28. The van der Waals surface area contributed by atoms with Gasteiger partial charge in [0.15, 0.2) is 0 Å². The molecule has 0 saturated carbocycles. The van der Waals surface area contributed by atoms with E-state index in [-0.39, 0.29) is 0 Å². The Bertz CT molecular complexity index is 127. The van der Waals surface area contributed by atoms with Gasteiger partial charge in [0.25, 0.3) is 0 Å². The maximum absolute atomic E-state index is 3.40. The van der Waals surface area contributed by atoms with Gasteiger partial charge in [-0.15, -0.1) is 0 Å². The molecule has 0 bridgehead atoms. The fourth-order valence-electron chi connectivity index (χ4n) is 1.28. The molecule has 0 aliphatic carbocycles. The third-order valence-electron chi connectivity index (χ3n) is 2.17. The second-order valence-corrected chi connectivity index (χ2v) is 3.69. The van der Waals surface area contributed by atoms with Crippen LogP contribution < -0.4 is 5.32 Å². The second kappa shape index (κ2) is 9.79. The van der Waals surface area contributed by atoms with Crippen molar-refractivity contribution in [2.75, 3.05) is 13.1 Å². The first-order chi connectivity index (χ1) is 6.31. The lowest BCUT2D eigenvalue weighted by Crippen LogP contribution is -2.15. The predicted molar refractivity (Wildman–Crippen MR) is 61.1 cm³/mol. The summed E-state index contributed by atoms with van der Waals surface area (Å²) in [5.41, 5.74) is 1.56. The van der Waals surface area contributed by atoms with Gasteiger partial charge in [-0.25, -0.2) is 0 Å². The lowest BCUT2D eigenvalue weighted by Gasteiger charge is -2.01. The van der Waals surface area contributed by atoms with E-state index >= 15 is 0 Å². The van der Waals surface area contributed by atoms with E-state index < -0.39 is 0 Å². The van der Waals surface area contributed by atoms with E-state index in [0.29, 0.717) is 0 Å². The van der Waals surface area contributed by atoms with Gasteiger partial charge in [0, 0.05) is 0 Å². The lowest BCUT2D eigenvalue weighted by atomic mass is 10.1. The van der Waals surface area contributed by atoms with Gasteiger partial charge in [0.1, 0.15) is 0 Å². The Morgan fingerprint density at radius 3 is 2.54 bits per heavy atom. The van der Waals surface area contributed by atoms with E-state index in [0.717, 1.165) is 13.1 Å². The molecule has 0 aliphatic rings. The van der Waals surface area contributed by atoms with Crippen LogP contribution in [-0.2, 0) is 0 Å². The van der Waals surface area contributed by atoms with Crippen molar-refractivity contribution in [2.45, 2.75) is 52.9 Å². The molecule has 0 aromatic carbocycles. The average molecular weight is 183 g/mol. The molecule has 0 heterocycles. The van der Waals surface area contributed by atoms with Crippen molar-refractivity contribution in [3.8, 4) is 0 Å². The van der Waals surface area contributed by atoms with E-state index in [1.54, 1.807) is 5.57 Å². The average Bonchev–Trinajstić information content (AvgIpc) is 2.14. The Kier molecular flexibility index (Phi) is 9.56. The molecular weight excluding hydrogens is 158 g/mol. The largest absolute Gasteiger partial charge is 0.316 e. The zero-order chi connectivity index (χ0) is 9.94. The van der Waals surface area contributed by atoms with Crippen LogP contribution >= 0.6 is 0 Å². The maximum Gasteiger partial charge on any atom is -0.00142 e. The molecule has 0 radical (unpaired) electrons. The number of hydrogen-bond acceptors (Lipinski definition) is 1. The number of rotatable bonds is 8. The summed E-state index contributed by atoms with van der Waals surface area (Å²) in [7, 11) is 0. The summed E-state index contributed by atoms with van der Waals surface area (Å²) in [5, 5.41) is 3.40. The molecular formula is C12H25N. The number of hydrogen-bond donors (Lipinski definition) is 1. The van der Waals surface area contributed by atoms with Crippen LogP contribution in [-0.4, -0.2) is 13.1 Å². The standard InChI is InChI=1S/C12H25N/c1-4-6-8-12(3)9-7-11-13-10-5-2/h9,13H,4-8,10-11H2,1-3H3. The predicted octanol–water partition coefficient (Wildman–Crippen LogP) is 3.51. The highest BCUT2D eigenvalue weighted by atomic mass is 14.8. The zero-order valence-electron chi connectivity index (χ0n) is 9.53. The highest BCUT2D eigenvalue weighted by Crippen LogP contribution is 2.06. The molecule has 0 saturated heterocycles. The topological polar surface area (TPSA) is 12.0 Å². The first-order valence-corrected chi connectivity index (χ1v) is 5.67. The minimum atomic E-state index is 1.14. The van der Waals surface area contributed by atoms with E-state index in [9.17, 15) is 0 Å². The summed E-state index contributed by atoms with van der Waals surface area (Å²) in [5.74, 6) is 0. The summed E-state index contributed by atoms with van der Waals surface area (Å²) in [4.78, 5) is 0. The Morgan fingerprint density at radius 1 is 1.15 bits per heavy atom. The smallest absolute Gasteiger partial charge is 0.00142 e. The van der Waals surface area contributed by atoms with Crippen molar-refractivity contribution in [3.63, 3.8) is 0 Å². The van der Waals surface area contributed by atoms with Crippen LogP contribution in [0, 0.1) is 0 Å². The Hall–Kier alpha value is -0.300. The van der Waals surface area contributed by atoms with Gasteiger partial charge in [0.05, 0.1) is 0 Å². The second-order valence-electron chi connectivity index (χ2n) is 3.69. The molecule has 0 unspecified atom stereocenters. The molecule has 1 N–H and O–H groups in total. The van der Waals surface area contributed by atoms with Gasteiger partial charge >= 0.3 is 0 Å². The van der Waals surface area contributed by atoms with Crippen LogP contribution in [0.25, 0.3) is 0 Å². The molecule has 0 aromatic rings.